The van der Waals surface area contributed by atoms with Crippen molar-refractivity contribution >= 4 is 34.9 Å². The van der Waals surface area contributed by atoms with Crippen LogP contribution < -0.4 is 0 Å². The Morgan fingerprint density at radius 3 is 3.14 bits per heavy atom. The first-order valence-corrected chi connectivity index (χ1v) is 9.40. The zero-order chi connectivity index (χ0) is 14.9. The number of thiophene rings is 2. The summed E-state index contributed by atoms with van der Waals surface area (Å²) in [6.07, 6.45) is 2.94. The van der Waals surface area contributed by atoms with Crippen LogP contribution in [-0.2, 0) is 19.5 Å². The molecule has 3 aromatic rings. The van der Waals surface area contributed by atoms with E-state index < -0.39 is 0 Å². The van der Waals surface area contributed by atoms with Gasteiger partial charge >= 0.3 is 0 Å². The zero-order valence-corrected chi connectivity index (χ0v) is 14.4. The van der Waals surface area contributed by atoms with Gasteiger partial charge in [-0.1, -0.05) is 0 Å². The van der Waals surface area contributed by atoms with Crippen LogP contribution in [0.1, 0.15) is 16.1 Å². The minimum Gasteiger partial charge on any atom is -0.334 e. The van der Waals surface area contributed by atoms with Crippen molar-refractivity contribution in [3.05, 3.63) is 55.4 Å². The van der Waals surface area contributed by atoms with Crippen molar-refractivity contribution in [1.82, 2.24) is 14.9 Å². The van der Waals surface area contributed by atoms with Gasteiger partial charge in [-0.05, 0) is 51.6 Å². The molecule has 22 heavy (non-hydrogen) atoms. The summed E-state index contributed by atoms with van der Waals surface area (Å²) < 4.78 is 0.589. The Kier molecular flexibility index (Phi) is 3.92. The van der Waals surface area contributed by atoms with Gasteiger partial charge in [0.25, 0.3) is 0 Å². The Labute approximate surface area is 142 Å². The van der Waals surface area contributed by atoms with E-state index in [1.165, 1.54) is 27.3 Å². The average Bonchev–Trinajstić information content (AvgIpc) is 3.18. The Hall–Kier alpha value is -1.34. The minimum atomic E-state index is 0.589. The highest BCUT2D eigenvalue weighted by atomic mass is 32.1. The SMILES string of the molecule is S=c1ncc2c([nH]1)CCN(Cc1cc(-c3ccsc3)cs1)C2. The number of H-pyrrole nitrogens is 1. The molecule has 112 valence electrons. The van der Waals surface area contributed by atoms with E-state index in [-0.39, 0.29) is 0 Å². The van der Waals surface area contributed by atoms with Gasteiger partial charge in [-0.3, -0.25) is 4.90 Å². The lowest BCUT2D eigenvalue weighted by atomic mass is 10.1. The smallest absolute Gasteiger partial charge is 0.196 e. The highest BCUT2D eigenvalue weighted by molar-refractivity contribution is 7.71. The van der Waals surface area contributed by atoms with Gasteiger partial charge in [-0.2, -0.15) is 11.3 Å². The molecule has 0 unspecified atom stereocenters. The molecule has 0 bridgehead atoms. The highest BCUT2D eigenvalue weighted by Crippen LogP contribution is 2.29. The van der Waals surface area contributed by atoms with Gasteiger partial charge in [0.2, 0.25) is 0 Å². The molecule has 1 aliphatic rings. The lowest BCUT2D eigenvalue weighted by Crippen LogP contribution is -2.30. The van der Waals surface area contributed by atoms with E-state index in [2.05, 4.69) is 43.1 Å². The van der Waals surface area contributed by atoms with E-state index in [0.29, 0.717) is 4.77 Å². The van der Waals surface area contributed by atoms with Crippen molar-refractivity contribution in [3.8, 4) is 11.1 Å². The number of rotatable bonds is 3. The van der Waals surface area contributed by atoms with Gasteiger partial charge in [0, 0.05) is 48.4 Å². The topological polar surface area (TPSA) is 31.9 Å². The van der Waals surface area contributed by atoms with Crippen molar-refractivity contribution in [1.29, 1.82) is 0 Å². The minimum absolute atomic E-state index is 0.589. The third kappa shape index (κ3) is 2.92. The van der Waals surface area contributed by atoms with Gasteiger partial charge in [0.15, 0.2) is 4.77 Å². The van der Waals surface area contributed by atoms with Gasteiger partial charge in [0.05, 0.1) is 0 Å². The largest absolute Gasteiger partial charge is 0.334 e. The fourth-order valence-electron chi connectivity index (χ4n) is 2.80. The van der Waals surface area contributed by atoms with E-state index in [0.717, 1.165) is 26.1 Å². The van der Waals surface area contributed by atoms with Gasteiger partial charge in [0.1, 0.15) is 0 Å². The molecule has 3 aromatic heterocycles. The molecule has 4 rings (SSSR count). The van der Waals surface area contributed by atoms with Crippen molar-refractivity contribution in [2.45, 2.75) is 19.5 Å². The third-order valence-electron chi connectivity index (χ3n) is 3.94. The first-order chi connectivity index (χ1) is 10.8. The van der Waals surface area contributed by atoms with Crippen molar-refractivity contribution in [2.75, 3.05) is 6.54 Å². The Morgan fingerprint density at radius 2 is 2.27 bits per heavy atom. The third-order valence-corrected chi connectivity index (χ3v) is 5.75. The molecule has 0 aliphatic carbocycles. The van der Waals surface area contributed by atoms with Crippen LogP contribution in [0.25, 0.3) is 11.1 Å². The molecule has 6 heteroatoms. The van der Waals surface area contributed by atoms with Crippen LogP contribution >= 0.6 is 34.9 Å². The number of aromatic amines is 1. The molecule has 0 fully saturated rings. The Morgan fingerprint density at radius 1 is 1.32 bits per heavy atom. The normalized spacial score (nSPS) is 14.9. The van der Waals surface area contributed by atoms with E-state index in [1.54, 1.807) is 11.3 Å². The molecule has 1 aliphatic heterocycles. The Balaban J connectivity index is 1.48. The standard InChI is InChI=1S/C16H15N3S3/c20-16-17-6-13-7-19(3-1-15(13)18-16)8-14-5-12(10-22-14)11-2-4-21-9-11/h2,4-6,9-10H,1,3,7-8H2,(H,17,18,20). The summed E-state index contributed by atoms with van der Waals surface area (Å²) in [7, 11) is 0. The summed E-state index contributed by atoms with van der Waals surface area (Å²) in [5, 5.41) is 6.59. The Bertz CT molecular complexity index is 832. The summed E-state index contributed by atoms with van der Waals surface area (Å²) >= 11 is 8.69. The van der Waals surface area contributed by atoms with E-state index >= 15 is 0 Å². The maximum atomic E-state index is 5.10. The molecule has 0 radical (unpaired) electrons. The van der Waals surface area contributed by atoms with Crippen molar-refractivity contribution in [2.24, 2.45) is 0 Å². The van der Waals surface area contributed by atoms with E-state index in [1.807, 2.05) is 17.5 Å². The summed E-state index contributed by atoms with van der Waals surface area (Å²) in [5.41, 5.74) is 5.19. The van der Waals surface area contributed by atoms with Crippen molar-refractivity contribution < 1.29 is 0 Å². The monoisotopic (exact) mass is 345 g/mol. The molecule has 0 amide bonds. The maximum absolute atomic E-state index is 5.10. The van der Waals surface area contributed by atoms with Crippen LogP contribution in [0.2, 0.25) is 0 Å². The van der Waals surface area contributed by atoms with E-state index in [4.69, 9.17) is 12.2 Å². The fraction of sp³-hybridized carbons (Fsp3) is 0.250. The number of nitrogens with one attached hydrogen (secondary N) is 1. The molecule has 0 aromatic carbocycles. The number of hydrogen-bond acceptors (Lipinski definition) is 5. The molecular formula is C16H15N3S3. The van der Waals surface area contributed by atoms with Crippen LogP contribution in [0.5, 0.6) is 0 Å². The number of nitrogens with zero attached hydrogens (tertiary/aromatic N) is 2. The van der Waals surface area contributed by atoms with Gasteiger partial charge in [-0.25, -0.2) is 4.98 Å². The van der Waals surface area contributed by atoms with Crippen LogP contribution in [0.3, 0.4) is 0 Å². The predicted molar refractivity (Wildman–Crippen MR) is 94.9 cm³/mol. The lowest BCUT2D eigenvalue weighted by molar-refractivity contribution is 0.245. The van der Waals surface area contributed by atoms with Crippen LogP contribution in [0, 0.1) is 4.77 Å². The zero-order valence-electron chi connectivity index (χ0n) is 11.9. The molecule has 4 heterocycles. The maximum Gasteiger partial charge on any atom is 0.196 e. The van der Waals surface area contributed by atoms with E-state index in [9.17, 15) is 0 Å². The molecule has 0 spiro atoms. The second kappa shape index (κ2) is 6.04. The van der Waals surface area contributed by atoms with Crippen LogP contribution in [-0.4, -0.2) is 21.4 Å². The molecule has 0 saturated heterocycles. The summed E-state index contributed by atoms with van der Waals surface area (Å²) in [5.74, 6) is 0. The number of aromatic nitrogens is 2. The molecule has 3 nitrogen and oxygen atoms in total. The second-order valence-corrected chi connectivity index (χ2v) is 7.63. The molecular weight excluding hydrogens is 330 g/mol. The van der Waals surface area contributed by atoms with Gasteiger partial charge < -0.3 is 4.98 Å². The molecule has 1 N–H and O–H groups in total. The van der Waals surface area contributed by atoms with Crippen LogP contribution in [0.15, 0.2) is 34.5 Å². The molecule has 0 atom stereocenters. The first-order valence-electron chi connectivity index (χ1n) is 7.17. The number of hydrogen-bond donors (Lipinski definition) is 1. The van der Waals surface area contributed by atoms with Crippen molar-refractivity contribution in [3.63, 3.8) is 0 Å². The fourth-order valence-corrected chi connectivity index (χ4v) is 4.58. The number of fused-ring (bicyclic) bond motifs is 1. The summed E-state index contributed by atoms with van der Waals surface area (Å²) in [6, 6.07) is 4.50. The lowest BCUT2D eigenvalue weighted by Gasteiger charge is -2.27. The molecule has 0 saturated carbocycles. The van der Waals surface area contributed by atoms with Gasteiger partial charge in [-0.15, -0.1) is 11.3 Å². The quantitative estimate of drug-likeness (QED) is 0.710. The average molecular weight is 346 g/mol. The predicted octanol–water partition coefficient (Wildman–Crippen LogP) is 4.49. The van der Waals surface area contributed by atoms with Crippen LogP contribution in [0.4, 0.5) is 0 Å². The highest BCUT2D eigenvalue weighted by Gasteiger charge is 2.17. The first kappa shape index (κ1) is 14.3. The summed E-state index contributed by atoms with van der Waals surface area (Å²) in [6.45, 7) is 3.01. The second-order valence-electron chi connectivity index (χ2n) is 5.47. The summed E-state index contributed by atoms with van der Waals surface area (Å²) in [4.78, 5) is 11.3.